The van der Waals surface area contributed by atoms with Crippen LogP contribution in [0.2, 0.25) is 0 Å². The maximum Gasteiger partial charge on any atom is 0.230 e. The van der Waals surface area contributed by atoms with Gasteiger partial charge in [0.05, 0.1) is 18.4 Å². The molecule has 1 aromatic rings. The average Bonchev–Trinajstić information content (AvgIpc) is 2.98. The fourth-order valence-corrected chi connectivity index (χ4v) is 3.09. The monoisotopic (exact) mass is 382 g/mol. The Morgan fingerprint density at radius 3 is 2.38 bits per heavy atom. The van der Waals surface area contributed by atoms with Crippen molar-refractivity contribution in [2.24, 2.45) is 0 Å². The number of nitrogens with one attached hydrogen (secondary N) is 2. The molecule has 1 heterocycles. The molecule has 0 aliphatic rings. The second kappa shape index (κ2) is 11.3. The molecule has 2 atom stereocenters. The average molecular weight is 383 g/mol. The van der Waals surface area contributed by atoms with Crippen LogP contribution in [-0.4, -0.2) is 44.7 Å². The fourth-order valence-electron chi connectivity index (χ4n) is 2.52. The second-order valence-electron chi connectivity index (χ2n) is 7.48. The Hall–Kier alpha value is -1.50. The van der Waals surface area contributed by atoms with Crippen molar-refractivity contribution in [2.75, 3.05) is 5.75 Å². The summed E-state index contributed by atoms with van der Waals surface area (Å²) in [6.45, 7) is 12.2. The van der Waals surface area contributed by atoms with E-state index in [4.69, 9.17) is 0 Å². The molecule has 2 unspecified atom stereocenters. The van der Waals surface area contributed by atoms with Crippen molar-refractivity contribution in [3.63, 3.8) is 0 Å². The van der Waals surface area contributed by atoms with E-state index in [1.54, 1.807) is 18.0 Å². The molecule has 0 spiro atoms. The number of hydrogen-bond donors (Lipinski definition) is 2. The zero-order valence-electron chi connectivity index (χ0n) is 16.9. The Balaban J connectivity index is 2.37. The number of thioether (sulfide) groups is 1. The molecule has 2 N–H and O–H groups in total. The van der Waals surface area contributed by atoms with Crippen LogP contribution in [-0.2, 0) is 16.0 Å². The molecule has 0 aliphatic carbocycles. The number of carbonyl (C=O) groups is 2. The maximum atomic E-state index is 11.9. The maximum absolute atomic E-state index is 11.9. The zero-order valence-corrected chi connectivity index (χ0v) is 17.7. The summed E-state index contributed by atoms with van der Waals surface area (Å²) in [6, 6.07) is 0.512. The number of rotatable bonds is 11. The number of carbonyl (C=O) groups excluding carboxylic acids is 2. The van der Waals surface area contributed by atoms with Gasteiger partial charge in [0.25, 0.3) is 0 Å². The summed E-state index contributed by atoms with van der Waals surface area (Å²) in [7, 11) is 0. The molecule has 1 aromatic heterocycles. The quantitative estimate of drug-likeness (QED) is 0.617. The summed E-state index contributed by atoms with van der Waals surface area (Å²) in [6.07, 6.45) is 5.85. The minimum absolute atomic E-state index is 0.0165. The standard InChI is InChI=1S/C19H34N4O2S/c1-13(2)21-18(24)9-17-10-20-23(11-17)16(6)8-7-15(5)22-19(25)12-26-14(3)4/h10-11,13-16H,7-9,12H2,1-6H3,(H,21,24)(H,22,25). The topological polar surface area (TPSA) is 76.0 Å². The Bertz CT molecular complexity index is 572. The van der Waals surface area contributed by atoms with Crippen molar-refractivity contribution >= 4 is 23.6 Å². The highest BCUT2D eigenvalue weighted by Crippen LogP contribution is 2.15. The predicted octanol–water partition coefficient (Wildman–Crippen LogP) is 2.94. The minimum Gasteiger partial charge on any atom is -0.354 e. The third-order valence-electron chi connectivity index (χ3n) is 3.89. The first kappa shape index (κ1) is 22.5. The van der Waals surface area contributed by atoms with Gasteiger partial charge >= 0.3 is 0 Å². The van der Waals surface area contributed by atoms with Gasteiger partial charge in [0.1, 0.15) is 0 Å². The Kier molecular flexibility index (Phi) is 9.76. The van der Waals surface area contributed by atoms with E-state index < -0.39 is 0 Å². The van der Waals surface area contributed by atoms with E-state index in [0.29, 0.717) is 17.4 Å². The number of hydrogen-bond acceptors (Lipinski definition) is 4. The lowest BCUT2D eigenvalue weighted by Crippen LogP contribution is -2.34. The van der Waals surface area contributed by atoms with Crippen LogP contribution in [0.25, 0.3) is 0 Å². The summed E-state index contributed by atoms with van der Waals surface area (Å²) in [4.78, 5) is 23.7. The highest BCUT2D eigenvalue weighted by atomic mass is 32.2. The van der Waals surface area contributed by atoms with Gasteiger partial charge in [-0.15, -0.1) is 11.8 Å². The van der Waals surface area contributed by atoms with E-state index in [0.717, 1.165) is 18.4 Å². The summed E-state index contributed by atoms with van der Waals surface area (Å²) in [5.74, 6) is 0.627. The molecular formula is C19H34N4O2S. The normalized spacial score (nSPS) is 13.7. The van der Waals surface area contributed by atoms with Gasteiger partial charge in [0.15, 0.2) is 0 Å². The van der Waals surface area contributed by atoms with Crippen molar-refractivity contribution in [2.45, 2.75) is 84.2 Å². The van der Waals surface area contributed by atoms with Gasteiger partial charge in [-0.25, -0.2) is 0 Å². The summed E-state index contributed by atoms with van der Waals surface area (Å²) in [5, 5.41) is 10.8. The molecule has 2 amide bonds. The van der Waals surface area contributed by atoms with Gasteiger partial charge in [-0.05, 0) is 51.3 Å². The Labute approximate surface area is 161 Å². The summed E-state index contributed by atoms with van der Waals surface area (Å²) in [5.41, 5.74) is 0.919. The molecule has 26 heavy (non-hydrogen) atoms. The molecule has 0 bridgehead atoms. The van der Waals surface area contributed by atoms with Crippen molar-refractivity contribution in [1.29, 1.82) is 0 Å². The lowest BCUT2D eigenvalue weighted by atomic mass is 10.1. The molecule has 0 fully saturated rings. The van der Waals surface area contributed by atoms with E-state index in [-0.39, 0.29) is 29.9 Å². The first-order chi connectivity index (χ1) is 12.2. The van der Waals surface area contributed by atoms with Gasteiger partial charge in [0.2, 0.25) is 11.8 Å². The first-order valence-corrected chi connectivity index (χ1v) is 10.5. The molecule has 0 aliphatic heterocycles. The van der Waals surface area contributed by atoms with Gasteiger partial charge in [-0.2, -0.15) is 5.10 Å². The predicted molar refractivity (Wildman–Crippen MR) is 108 cm³/mol. The number of amides is 2. The van der Waals surface area contributed by atoms with Gasteiger partial charge < -0.3 is 10.6 Å². The van der Waals surface area contributed by atoms with Gasteiger partial charge in [-0.1, -0.05) is 13.8 Å². The third-order valence-corrected chi connectivity index (χ3v) is 4.99. The Morgan fingerprint density at radius 1 is 1.08 bits per heavy atom. The molecule has 0 saturated carbocycles. The summed E-state index contributed by atoms with van der Waals surface area (Å²) < 4.78 is 1.90. The molecule has 148 valence electrons. The second-order valence-corrected chi connectivity index (χ2v) is 9.05. The van der Waals surface area contributed by atoms with Crippen molar-refractivity contribution in [1.82, 2.24) is 20.4 Å². The van der Waals surface area contributed by atoms with Crippen LogP contribution in [0, 0.1) is 0 Å². The van der Waals surface area contributed by atoms with Crippen molar-refractivity contribution in [3.05, 3.63) is 18.0 Å². The molecule has 1 rings (SSSR count). The van der Waals surface area contributed by atoms with Crippen molar-refractivity contribution < 1.29 is 9.59 Å². The molecular weight excluding hydrogens is 348 g/mol. The molecule has 0 saturated heterocycles. The van der Waals surface area contributed by atoms with E-state index in [9.17, 15) is 9.59 Å². The highest BCUT2D eigenvalue weighted by Gasteiger charge is 2.13. The summed E-state index contributed by atoms with van der Waals surface area (Å²) >= 11 is 1.65. The van der Waals surface area contributed by atoms with E-state index >= 15 is 0 Å². The SMILES string of the molecule is CC(C)NC(=O)Cc1cnn(C(C)CCC(C)NC(=O)CSC(C)C)c1. The minimum atomic E-state index is 0.0165. The smallest absolute Gasteiger partial charge is 0.230 e. The highest BCUT2D eigenvalue weighted by molar-refractivity contribution is 8.00. The van der Waals surface area contributed by atoms with Gasteiger partial charge in [0, 0.05) is 24.3 Å². The Morgan fingerprint density at radius 2 is 1.77 bits per heavy atom. The largest absolute Gasteiger partial charge is 0.354 e. The van der Waals surface area contributed by atoms with Gasteiger partial charge in [-0.3, -0.25) is 14.3 Å². The van der Waals surface area contributed by atoms with E-state index in [1.165, 1.54) is 0 Å². The van der Waals surface area contributed by atoms with Crippen LogP contribution >= 0.6 is 11.8 Å². The van der Waals surface area contributed by atoms with Crippen LogP contribution in [0.3, 0.4) is 0 Å². The van der Waals surface area contributed by atoms with Crippen molar-refractivity contribution in [3.8, 4) is 0 Å². The lowest BCUT2D eigenvalue weighted by molar-refractivity contribution is -0.121. The van der Waals surface area contributed by atoms with Crippen LogP contribution in [0.15, 0.2) is 12.4 Å². The molecule has 6 nitrogen and oxygen atoms in total. The molecule has 0 aromatic carbocycles. The van der Waals surface area contributed by atoms with Crippen LogP contribution in [0.4, 0.5) is 0 Å². The van der Waals surface area contributed by atoms with Crippen LogP contribution in [0.5, 0.6) is 0 Å². The van der Waals surface area contributed by atoms with E-state index in [1.807, 2.05) is 31.6 Å². The van der Waals surface area contributed by atoms with Crippen LogP contribution in [0.1, 0.15) is 66.0 Å². The van der Waals surface area contributed by atoms with E-state index in [2.05, 4.69) is 36.5 Å². The third kappa shape index (κ3) is 9.27. The lowest BCUT2D eigenvalue weighted by Gasteiger charge is -2.17. The number of nitrogens with zero attached hydrogens (tertiary/aromatic N) is 2. The van der Waals surface area contributed by atoms with Crippen LogP contribution < -0.4 is 10.6 Å². The first-order valence-electron chi connectivity index (χ1n) is 9.40. The number of aromatic nitrogens is 2. The molecule has 0 radical (unpaired) electrons. The molecule has 7 heteroatoms. The fraction of sp³-hybridized carbons (Fsp3) is 0.737. The zero-order chi connectivity index (χ0) is 19.7.